The maximum Gasteiger partial charge on any atom is 0.282 e. The number of benzene rings is 2. The van der Waals surface area contributed by atoms with Crippen LogP contribution in [-0.4, -0.2) is 29.6 Å². The van der Waals surface area contributed by atoms with Crippen molar-refractivity contribution >= 4 is 55.6 Å². The molecule has 152 valence electrons. The highest BCUT2D eigenvalue weighted by Gasteiger charge is 2.12. The quantitative estimate of drug-likeness (QED) is 0.296. The van der Waals surface area contributed by atoms with E-state index in [4.69, 9.17) is 9.47 Å². The van der Waals surface area contributed by atoms with Crippen molar-refractivity contribution in [2.24, 2.45) is 5.10 Å². The molecule has 0 N–H and O–H groups in total. The maximum atomic E-state index is 13.1. The van der Waals surface area contributed by atoms with Crippen molar-refractivity contribution < 1.29 is 9.47 Å². The zero-order valence-corrected chi connectivity index (χ0v) is 20.2. The van der Waals surface area contributed by atoms with Crippen LogP contribution in [0.2, 0.25) is 0 Å². The summed E-state index contributed by atoms with van der Waals surface area (Å²) in [6.07, 6.45) is 3.16. The molecule has 0 atom stereocenters. The molecule has 0 aliphatic rings. The molecule has 0 radical (unpaired) electrons. The van der Waals surface area contributed by atoms with E-state index in [1.165, 1.54) is 4.68 Å². The van der Waals surface area contributed by atoms with Gasteiger partial charge in [-0.2, -0.15) is 9.78 Å². The van der Waals surface area contributed by atoms with Crippen LogP contribution in [0.3, 0.4) is 0 Å². The topological polar surface area (TPSA) is 65.7 Å². The number of ether oxygens (including phenoxy) is 2. The average Bonchev–Trinajstić information content (AvgIpc) is 2.69. The first-order chi connectivity index (χ1) is 14.0. The first kappa shape index (κ1) is 21.8. The van der Waals surface area contributed by atoms with Crippen LogP contribution in [0.5, 0.6) is 11.5 Å². The van der Waals surface area contributed by atoms with Crippen LogP contribution in [-0.2, 0) is 6.42 Å². The number of aromatic nitrogens is 2. The fraction of sp³-hybridized carbons (Fsp3) is 0.286. The van der Waals surface area contributed by atoms with E-state index in [-0.39, 0.29) is 5.56 Å². The highest BCUT2D eigenvalue weighted by molar-refractivity contribution is 14.1. The Morgan fingerprint density at radius 1 is 1.28 bits per heavy atom. The van der Waals surface area contributed by atoms with E-state index in [2.05, 4.69) is 48.6 Å². The maximum absolute atomic E-state index is 13.1. The number of methoxy groups -OCH3 is 1. The number of rotatable bonds is 7. The summed E-state index contributed by atoms with van der Waals surface area (Å²) in [5.74, 6) is 1.97. The van der Waals surface area contributed by atoms with Gasteiger partial charge in [0, 0.05) is 10.9 Å². The SMILES string of the molecule is CCCc1nc2ccc(Br)cc2c(=O)n1N=Cc1cc(I)c(OC)c(OCC)c1. The number of aryl methyl sites for hydroxylation is 1. The lowest BCUT2D eigenvalue weighted by Gasteiger charge is -2.12. The third kappa shape index (κ3) is 4.80. The van der Waals surface area contributed by atoms with Gasteiger partial charge >= 0.3 is 0 Å². The summed E-state index contributed by atoms with van der Waals surface area (Å²) in [4.78, 5) is 17.7. The molecule has 0 aliphatic carbocycles. The predicted octanol–water partition coefficient (Wildman–Crippen LogP) is 5.01. The van der Waals surface area contributed by atoms with E-state index in [1.54, 1.807) is 19.4 Å². The predicted molar refractivity (Wildman–Crippen MR) is 128 cm³/mol. The monoisotopic (exact) mass is 569 g/mol. The Morgan fingerprint density at radius 2 is 2.07 bits per heavy atom. The highest BCUT2D eigenvalue weighted by atomic mass is 127. The second-order valence-corrected chi connectivity index (χ2v) is 8.35. The van der Waals surface area contributed by atoms with Crippen LogP contribution in [0.15, 0.2) is 44.7 Å². The smallest absolute Gasteiger partial charge is 0.282 e. The van der Waals surface area contributed by atoms with Gasteiger partial charge in [-0.15, -0.1) is 0 Å². The molecule has 6 nitrogen and oxygen atoms in total. The van der Waals surface area contributed by atoms with E-state index in [1.807, 2.05) is 38.1 Å². The van der Waals surface area contributed by atoms with Gasteiger partial charge < -0.3 is 9.47 Å². The van der Waals surface area contributed by atoms with E-state index in [0.717, 1.165) is 20.0 Å². The molecule has 0 saturated heterocycles. The largest absolute Gasteiger partial charge is 0.492 e. The molecule has 2 aromatic carbocycles. The van der Waals surface area contributed by atoms with Crippen molar-refractivity contribution in [1.29, 1.82) is 0 Å². The Labute approximate surface area is 191 Å². The van der Waals surface area contributed by atoms with Crippen LogP contribution < -0.4 is 15.0 Å². The van der Waals surface area contributed by atoms with E-state index < -0.39 is 0 Å². The molecule has 0 saturated carbocycles. The lowest BCUT2D eigenvalue weighted by Crippen LogP contribution is -2.22. The first-order valence-corrected chi connectivity index (χ1v) is 11.1. The minimum atomic E-state index is -0.191. The summed E-state index contributed by atoms with van der Waals surface area (Å²) in [6.45, 7) is 4.49. The lowest BCUT2D eigenvalue weighted by molar-refractivity contribution is 0.309. The number of fused-ring (bicyclic) bond motifs is 1. The molecular weight excluding hydrogens is 549 g/mol. The van der Waals surface area contributed by atoms with Crippen LogP contribution in [0.1, 0.15) is 31.7 Å². The summed E-state index contributed by atoms with van der Waals surface area (Å²) < 4.78 is 14.2. The Kier molecular flexibility index (Phi) is 7.28. The molecule has 0 unspecified atom stereocenters. The van der Waals surface area contributed by atoms with Gasteiger partial charge in [0.2, 0.25) is 0 Å². The summed E-state index contributed by atoms with van der Waals surface area (Å²) in [5.41, 5.74) is 1.29. The van der Waals surface area contributed by atoms with Gasteiger partial charge in [-0.25, -0.2) is 4.98 Å². The molecule has 1 aromatic heterocycles. The van der Waals surface area contributed by atoms with Crippen LogP contribution in [0, 0.1) is 3.57 Å². The Hall–Kier alpha value is -1.94. The fourth-order valence-corrected chi connectivity index (χ4v) is 4.15. The van der Waals surface area contributed by atoms with Crippen LogP contribution in [0.4, 0.5) is 0 Å². The Morgan fingerprint density at radius 3 is 2.76 bits per heavy atom. The van der Waals surface area contributed by atoms with E-state index in [0.29, 0.717) is 41.3 Å². The van der Waals surface area contributed by atoms with Crippen molar-refractivity contribution in [3.8, 4) is 11.5 Å². The molecule has 0 amide bonds. The van der Waals surface area contributed by atoms with Crippen molar-refractivity contribution in [3.63, 3.8) is 0 Å². The minimum Gasteiger partial charge on any atom is -0.492 e. The minimum absolute atomic E-state index is 0.191. The number of hydrogen-bond donors (Lipinski definition) is 0. The van der Waals surface area contributed by atoms with Gasteiger partial charge in [0.15, 0.2) is 11.5 Å². The van der Waals surface area contributed by atoms with Crippen LogP contribution in [0.25, 0.3) is 10.9 Å². The molecule has 8 heteroatoms. The molecular formula is C21H21BrIN3O3. The van der Waals surface area contributed by atoms with Gasteiger partial charge in [-0.3, -0.25) is 4.79 Å². The second-order valence-electron chi connectivity index (χ2n) is 6.27. The van der Waals surface area contributed by atoms with Gasteiger partial charge in [0.25, 0.3) is 5.56 Å². The number of hydrogen-bond acceptors (Lipinski definition) is 5. The first-order valence-electron chi connectivity index (χ1n) is 9.24. The standard InChI is InChI=1S/C21H21BrIN3O3/c1-4-6-19-25-17-8-7-14(22)11-15(17)21(27)26(19)24-12-13-9-16(23)20(28-3)18(10-13)29-5-2/h7-12H,4-6H2,1-3H3. The third-order valence-corrected chi connectivity index (χ3v) is 5.50. The zero-order valence-electron chi connectivity index (χ0n) is 16.4. The third-order valence-electron chi connectivity index (χ3n) is 4.21. The van der Waals surface area contributed by atoms with Crippen molar-refractivity contribution in [3.05, 3.63) is 60.1 Å². The molecule has 1 heterocycles. The summed E-state index contributed by atoms with van der Waals surface area (Å²) in [7, 11) is 1.61. The van der Waals surface area contributed by atoms with E-state index >= 15 is 0 Å². The molecule has 3 aromatic rings. The normalized spacial score (nSPS) is 11.3. The van der Waals surface area contributed by atoms with Crippen molar-refractivity contribution in [1.82, 2.24) is 9.66 Å². The summed E-state index contributed by atoms with van der Waals surface area (Å²) >= 11 is 5.61. The van der Waals surface area contributed by atoms with E-state index in [9.17, 15) is 4.79 Å². The zero-order chi connectivity index (χ0) is 21.0. The molecule has 29 heavy (non-hydrogen) atoms. The van der Waals surface area contributed by atoms with Gasteiger partial charge in [-0.1, -0.05) is 22.9 Å². The van der Waals surface area contributed by atoms with Gasteiger partial charge in [0.1, 0.15) is 5.82 Å². The highest BCUT2D eigenvalue weighted by Crippen LogP contribution is 2.33. The molecule has 0 spiro atoms. The molecule has 0 bridgehead atoms. The fourth-order valence-electron chi connectivity index (χ4n) is 2.95. The number of nitrogens with zero attached hydrogens (tertiary/aromatic N) is 3. The Bertz CT molecular complexity index is 1130. The van der Waals surface area contributed by atoms with Gasteiger partial charge in [0.05, 0.1) is 34.4 Å². The van der Waals surface area contributed by atoms with Crippen molar-refractivity contribution in [2.45, 2.75) is 26.7 Å². The summed E-state index contributed by atoms with van der Waals surface area (Å²) in [6, 6.07) is 9.28. The van der Waals surface area contributed by atoms with Crippen LogP contribution >= 0.6 is 38.5 Å². The summed E-state index contributed by atoms with van der Waals surface area (Å²) in [5, 5.41) is 5.00. The van der Waals surface area contributed by atoms with Gasteiger partial charge in [-0.05, 0) is 71.8 Å². The second kappa shape index (κ2) is 9.71. The Balaban J connectivity index is 2.11. The molecule has 0 fully saturated rings. The van der Waals surface area contributed by atoms with Crippen molar-refractivity contribution in [2.75, 3.05) is 13.7 Å². The molecule has 0 aliphatic heterocycles. The lowest BCUT2D eigenvalue weighted by atomic mass is 10.2. The molecule has 3 rings (SSSR count). The average molecular weight is 570 g/mol. The number of halogens is 2.